The van der Waals surface area contributed by atoms with Gasteiger partial charge >= 0.3 is 0 Å². The minimum Gasteiger partial charge on any atom is -0.197 e. The summed E-state index contributed by atoms with van der Waals surface area (Å²) >= 11 is 0. The van der Waals surface area contributed by atoms with Gasteiger partial charge in [0.25, 0.3) is 0 Å². The quantitative estimate of drug-likeness (QED) is 0.558. The summed E-state index contributed by atoms with van der Waals surface area (Å²) < 4.78 is 0. The largest absolute Gasteiger partial charge is 0.197 e. The third kappa shape index (κ3) is 1.71. The van der Waals surface area contributed by atoms with Crippen molar-refractivity contribution in [1.29, 1.82) is 5.26 Å². The van der Waals surface area contributed by atoms with Crippen LogP contribution in [-0.2, 0) is 0 Å². The number of hydrogen-bond donors (Lipinski definition) is 0. The minimum absolute atomic E-state index is 0.340. The molecule has 0 aromatic carbocycles. The molecule has 0 saturated heterocycles. The van der Waals surface area contributed by atoms with Crippen LogP contribution < -0.4 is 0 Å². The number of nitriles is 1. The Balaban J connectivity index is 2.84. The zero-order chi connectivity index (χ0) is 8.32. The number of rotatable bonds is 1. The Bertz CT molecular complexity index is 238. The molecule has 1 aliphatic carbocycles. The van der Waals surface area contributed by atoms with Crippen molar-refractivity contribution in [1.82, 2.24) is 0 Å². The lowest BCUT2D eigenvalue weighted by atomic mass is 9.83. The molecule has 0 N–H and O–H groups in total. The second-order valence-electron chi connectivity index (χ2n) is 3.23. The molecule has 0 bridgehead atoms. The topological polar surface area (TPSA) is 23.8 Å². The van der Waals surface area contributed by atoms with E-state index in [-0.39, 0.29) is 5.41 Å². The van der Waals surface area contributed by atoms with Gasteiger partial charge in [0.15, 0.2) is 0 Å². The van der Waals surface area contributed by atoms with Crippen LogP contribution in [0, 0.1) is 23.2 Å². The van der Waals surface area contributed by atoms with Gasteiger partial charge in [-0.3, -0.25) is 0 Å². The van der Waals surface area contributed by atoms with E-state index in [0.717, 1.165) is 12.0 Å². The predicted molar refractivity (Wildman–Crippen MR) is 45.5 cm³/mol. The van der Waals surface area contributed by atoms with E-state index in [0.29, 0.717) is 0 Å². The van der Waals surface area contributed by atoms with E-state index in [4.69, 9.17) is 5.26 Å². The Morgan fingerprint density at radius 2 is 2.27 bits per heavy atom. The second kappa shape index (κ2) is 2.92. The zero-order valence-electron chi connectivity index (χ0n) is 6.96. The first-order valence-electron chi connectivity index (χ1n) is 3.78. The van der Waals surface area contributed by atoms with Crippen LogP contribution in [0.25, 0.3) is 0 Å². The highest BCUT2D eigenvalue weighted by atomic mass is 14.3. The first kappa shape index (κ1) is 8.07. The van der Waals surface area contributed by atoms with Crippen LogP contribution in [0.15, 0.2) is 23.8 Å². The summed E-state index contributed by atoms with van der Waals surface area (Å²) in [6.45, 7) is 3.87. The van der Waals surface area contributed by atoms with E-state index in [1.165, 1.54) is 0 Å². The molecule has 1 radical (unpaired) electrons. The summed E-state index contributed by atoms with van der Waals surface area (Å²) in [5.74, 6) is 0. The number of nitrogens with zero attached hydrogens (tertiary/aromatic N) is 1. The molecule has 1 nitrogen and oxygen atoms in total. The fourth-order valence-electron chi connectivity index (χ4n) is 1.01. The second-order valence-corrected chi connectivity index (χ2v) is 3.23. The molecule has 0 amide bonds. The van der Waals surface area contributed by atoms with Gasteiger partial charge in [-0.05, 0) is 32.3 Å². The third-order valence-electron chi connectivity index (χ3n) is 1.87. The molecule has 0 saturated carbocycles. The summed E-state index contributed by atoms with van der Waals surface area (Å²) in [5, 5.41) is 8.81. The summed E-state index contributed by atoms with van der Waals surface area (Å²) in [7, 11) is 0. The lowest BCUT2D eigenvalue weighted by molar-refractivity contribution is 0.609. The van der Waals surface area contributed by atoms with Gasteiger partial charge in [-0.1, -0.05) is 18.2 Å². The van der Waals surface area contributed by atoms with E-state index in [9.17, 15) is 0 Å². The monoisotopic (exact) mass is 146 g/mol. The van der Waals surface area contributed by atoms with Gasteiger partial charge in [-0.15, -0.1) is 0 Å². The van der Waals surface area contributed by atoms with Crippen molar-refractivity contribution in [2.75, 3.05) is 0 Å². The predicted octanol–water partition coefficient (Wildman–Crippen LogP) is 2.63. The van der Waals surface area contributed by atoms with Gasteiger partial charge in [-0.2, -0.15) is 5.26 Å². The van der Waals surface area contributed by atoms with E-state index in [2.05, 4.69) is 18.6 Å². The molecular formula is C10H12N. The summed E-state index contributed by atoms with van der Waals surface area (Å²) in [6, 6.07) is 2.27. The van der Waals surface area contributed by atoms with Crippen molar-refractivity contribution in [3.05, 3.63) is 30.2 Å². The van der Waals surface area contributed by atoms with Crippen LogP contribution >= 0.6 is 0 Å². The lowest BCUT2D eigenvalue weighted by Crippen LogP contribution is -2.11. The molecular weight excluding hydrogens is 134 g/mol. The van der Waals surface area contributed by atoms with Gasteiger partial charge in [0, 0.05) is 0 Å². The maximum atomic E-state index is 8.81. The maximum Gasteiger partial charge on any atom is 0.0763 e. The SMILES string of the molecule is CC(C)(C#N)C1=C[CH]CC=C1. The van der Waals surface area contributed by atoms with Crippen molar-refractivity contribution >= 4 is 0 Å². The van der Waals surface area contributed by atoms with Crippen molar-refractivity contribution in [2.24, 2.45) is 5.41 Å². The zero-order valence-corrected chi connectivity index (χ0v) is 6.96. The van der Waals surface area contributed by atoms with Gasteiger partial charge in [0.05, 0.1) is 11.5 Å². The molecule has 1 rings (SSSR count). The molecule has 0 unspecified atom stereocenters. The van der Waals surface area contributed by atoms with Crippen LogP contribution in [0.1, 0.15) is 20.3 Å². The van der Waals surface area contributed by atoms with E-state index < -0.39 is 0 Å². The van der Waals surface area contributed by atoms with Crippen molar-refractivity contribution in [3.8, 4) is 6.07 Å². The van der Waals surface area contributed by atoms with Gasteiger partial charge in [-0.25, -0.2) is 0 Å². The van der Waals surface area contributed by atoms with E-state index in [1.807, 2.05) is 26.0 Å². The Labute approximate surface area is 68.0 Å². The molecule has 57 valence electrons. The summed E-state index contributed by atoms with van der Waals surface area (Å²) in [6.07, 6.45) is 9.21. The average Bonchev–Trinajstić information content (AvgIpc) is 2.06. The van der Waals surface area contributed by atoms with Crippen molar-refractivity contribution in [3.63, 3.8) is 0 Å². The Morgan fingerprint density at radius 3 is 2.73 bits per heavy atom. The Morgan fingerprint density at radius 1 is 1.55 bits per heavy atom. The van der Waals surface area contributed by atoms with Gasteiger partial charge < -0.3 is 0 Å². The first-order valence-corrected chi connectivity index (χ1v) is 3.78. The molecule has 0 fully saturated rings. The molecule has 0 aromatic rings. The highest BCUT2D eigenvalue weighted by Gasteiger charge is 2.20. The molecule has 0 aromatic heterocycles. The molecule has 11 heavy (non-hydrogen) atoms. The highest BCUT2D eigenvalue weighted by molar-refractivity contribution is 5.35. The highest BCUT2D eigenvalue weighted by Crippen LogP contribution is 2.28. The van der Waals surface area contributed by atoms with E-state index in [1.54, 1.807) is 0 Å². The first-order chi connectivity index (χ1) is 5.17. The molecule has 0 spiro atoms. The average molecular weight is 146 g/mol. The van der Waals surface area contributed by atoms with Crippen LogP contribution in [0.5, 0.6) is 0 Å². The Kier molecular flexibility index (Phi) is 2.14. The maximum absolute atomic E-state index is 8.81. The van der Waals surface area contributed by atoms with Crippen LogP contribution in [0.2, 0.25) is 0 Å². The summed E-state index contributed by atoms with van der Waals surface area (Å²) in [4.78, 5) is 0. The minimum atomic E-state index is -0.340. The van der Waals surface area contributed by atoms with Crippen LogP contribution in [0.3, 0.4) is 0 Å². The fraction of sp³-hybridized carbons (Fsp3) is 0.400. The van der Waals surface area contributed by atoms with Gasteiger partial charge in [0.1, 0.15) is 0 Å². The normalized spacial score (nSPS) is 17.4. The standard InChI is InChI=1S/C10H12N/c1-10(2,8-11)9-6-4-3-5-7-9/h4-7H,3H2,1-2H3. The fourth-order valence-corrected chi connectivity index (χ4v) is 1.01. The van der Waals surface area contributed by atoms with Crippen molar-refractivity contribution in [2.45, 2.75) is 20.3 Å². The molecule has 1 aliphatic rings. The number of allylic oxidation sites excluding steroid dienone is 4. The lowest BCUT2D eigenvalue weighted by Gasteiger charge is -2.18. The molecule has 0 aliphatic heterocycles. The van der Waals surface area contributed by atoms with Crippen molar-refractivity contribution < 1.29 is 0 Å². The number of hydrogen-bond acceptors (Lipinski definition) is 1. The van der Waals surface area contributed by atoms with Gasteiger partial charge in [0.2, 0.25) is 0 Å². The van der Waals surface area contributed by atoms with E-state index >= 15 is 0 Å². The Hall–Kier alpha value is -1.03. The molecule has 1 heteroatoms. The smallest absolute Gasteiger partial charge is 0.0763 e. The molecule has 0 atom stereocenters. The van der Waals surface area contributed by atoms with Crippen LogP contribution in [-0.4, -0.2) is 0 Å². The third-order valence-corrected chi connectivity index (χ3v) is 1.87. The molecule has 0 heterocycles. The summed E-state index contributed by atoms with van der Waals surface area (Å²) in [5.41, 5.74) is 0.763. The van der Waals surface area contributed by atoms with Crippen LogP contribution in [0.4, 0.5) is 0 Å².